The summed E-state index contributed by atoms with van der Waals surface area (Å²) in [5.74, 6) is -0.0804. The molecule has 0 aliphatic carbocycles. The van der Waals surface area contributed by atoms with Gasteiger partial charge in [-0.25, -0.2) is 0 Å². The van der Waals surface area contributed by atoms with Crippen LogP contribution in [0.5, 0.6) is 0 Å². The lowest BCUT2D eigenvalue weighted by Crippen LogP contribution is -2.45. The summed E-state index contributed by atoms with van der Waals surface area (Å²) in [6.45, 7) is 4.29. The lowest BCUT2D eigenvalue weighted by atomic mass is 10.0. The highest BCUT2D eigenvalue weighted by molar-refractivity contribution is 5.76. The molecular formula is C58H109NO3. The Morgan fingerprint density at radius 3 is 1.06 bits per heavy atom. The molecule has 0 aliphatic rings. The first-order valence-electron chi connectivity index (χ1n) is 27.9. The second kappa shape index (κ2) is 53.7. The molecule has 2 atom stereocenters. The van der Waals surface area contributed by atoms with Crippen molar-refractivity contribution in [2.75, 3.05) is 6.61 Å². The van der Waals surface area contributed by atoms with Gasteiger partial charge in [0.25, 0.3) is 0 Å². The van der Waals surface area contributed by atoms with E-state index in [1.54, 1.807) is 6.08 Å². The minimum atomic E-state index is -0.867. The highest BCUT2D eigenvalue weighted by atomic mass is 16.3. The second-order valence-electron chi connectivity index (χ2n) is 19.0. The second-order valence-corrected chi connectivity index (χ2v) is 19.0. The Morgan fingerprint density at radius 1 is 0.387 bits per heavy atom. The molecule has 62 heavy (non-hydrogen) atoms. The van der Waals surface area contributed by atoms with Crippen molar-refractivity contribution in [3.8, 4) is 0 Å². The molecule has 0 rings (SSSR count). The van der Waals surface area contributed by atoms with Crippen molar-refractivity contribution in [3.05, 3.63) is 48.6 Å². The molecule has 0 aromatic carbocycles. The average molecular weight is 869 g/mol. The summed E-state index contributed by atoms with van der Waals surface area (Å²) >= 11 is 0. The van der Waals surface area contributed by atoms with Gasteiger partial charge in [0.05, 0.1) is 18.8 Å². The molecule has 0 fully saturated rings. The van der Waals surface area contributed by atoms with Crippen LogP contribution in [0.1, 0.15) is 296 Å². The summed E-state index contributed by atoms with van der Waals surface area (Å²) in [5.41, 5.74) is 0. The van der Waals surface area contributed by atoms with E-state index in [1.807, 2.05) is 6.08 Å². The van der Waals surface area contributed by atoms with Gasteiger partial charge in [-0.05, 0) is 64.2 Å². The van der Waals surface area contributed by atoms with Crippen molar-refractivity contribution in [2.45, 2.75) is 309 Å². The number of carbonyl (C=O) groups excluding carboxylic acids is 1. The maximum Gasteiger partial charge on any atom is 0.220 e. The first-order valence-corrected chi connectivity index (χ1v) is 27.9. The largest absolute Gasteiger partial charge is 0.394 e. The predicted octanol–water partition coefficient (Wildman–Crippen LogP) is 18.3. The molecule has 0 saturated carbocycles. The minimum absolute atomic E-state index is 0.0804. The van der Waals surface area contributed by atoms with Crippen molar-refractivity contribution >= 4 is 5.91 Å². The van der Waals surface area contributed by atoms with Crippen LogP contribution in [0.25, 0.3) is 0 Å². The average Bonchev–Trinajstić information content (AvgIpc) is 3.28. The number of hydrogen-bond donors (Lipinski definition) is 3. The van der Waals surface area contributed by atoms with Crippen molar-refractivity contribution in [1.82, 2.24) is 5.32 Å². The molecule has 2 unspecified atom stereocenters. The molecule has 364 valence electrons. The molecule has 0 aliphatic heterocycles. The maximum absolute atomic E-state index is 12.4. The number of nitrogens with one attached hydrogen (secondary N) is 1. The van der Waals surface area contributed by atoms with Gasteiger partial charge < -0.3 is 15.5 Å². The van der Waals surface area contributed by atoms with Gasteiger partial charge in [-0.2, -0.15) is 0 Å². The van der Waals surface area contributed by atoms with Crippen molar-refractivity contribution in [3.63, 3.8) is 0 Å². The summed E-state index contributed by atoms with van der Waals surface area (Å²) in [7, 11) is 0. The predicted molar refractivity (Wildman–Crippen MR) is 276 cm³/mol. The van der Waals surface area contributed by atoms with Crippen molar-refractivity contribution < 1.29 is 15.0 Å². The van der Waals surface area contributed by atoms with Crippen LogP contribution >= 0.6 is 0 Å². The van der Waals surface area contributed by atoms with Gasteiger partial charge in [-0.15, -0.1) is 0 Å². The van der Waals surface area contributed by atoms with Crippen LogP contribution < -0.4 is 5.32 Å². The Morgan fingerprint density at radius 2 is 0.677 bits per heavy atom. The SMILES string of the molecule is CCCCC/C=C\C/C=C\CCCCCCCCCC(=O)NC(CO)C(O)/C=C/CC/C=C/CCCCCCCCCCCCCCCCCCCCCCCCCCCCC. The quantitative estimate of drug-likeness (QED) is 0.0421. The molecule has 0 saturated heterocycles. The molecule has 0 heterocycles. The summed E-state index contributed by atoms with van der Waals surface area (Å²) < 4.78 is 0. The van der Waals surface area contributed by atoms with Gasteiger partial charge >= 0.3 is 0 Å². The van der Waals surface area contributed by atoms with E-state index < -0.39 is 12.1 Å². The van der Waals surface area contributed by atoms with Crippen molar-refractivity contribution in [2.24, 2.45) is 0 Å². The van der Waals surface area contributed by atoms with Gasteiger partial charge in [0.15, 0.2) is 0 Å². The minimum Gasteiger partial charge on any atom is -0.394 e. The monoisotopic (exact) mass is 868 g/mol. The fourth-order valence-corrected chi connectivity index (χ4v) is 8.52. The van der Waals surface area contributed by atoms with E-state index in [0.717, 1.165) is 44.9 Å². The number of carbonyl (C=O) groups is 1. The molecule has 4 nitrogen and oxygen atoms in total. The van der Waals surface area contributed by atoms with Crippen LogP contribution in [-0.4, -0.2) is 34.9 Å². The smallest absolute Gasteiger partial charge is 0.220 e. The number of rotatable bonds is 51. The molecule has 1 amide bonds. The molecule has 0 bridgehead atoms. The number of amides is 1. The maximum atomic E-state index is 12.4. The van der Waals surface area contributed by atoms with Gasteiger partial charge in [0.1, 0.15) is 0 Å². The van der Waals surface area contributed by atoms with E-state index in [4.69, 9.17) is 0 Å². The van der Waals surface area contributed by atoms with Crippen LogP contribution in [-0.2, 0) is 4.79 Å². The van der Waals surface area contributed by atoms with Crippen LogP contribution in [0.15, 0.2) is 48.6 Å². The molecule has 0 radical (unpaired) electrons. The Kier molecular flexibility index (Phi) is 52.3. The van der Waals surface area contributed by atoms with E-state index in [9.17, 15) is 15.0 Å². The first kappa shape index (κ1) is 60.4. The normalized spacial score (nSPS) is 13.2. The number of hydrogen-bond acceptors (Lipinski definition) is 3. The third-order valence-corrected chi connectivity index (χ3v) is 12.8. The van der Waals surface area contributed by atoms with E-state index in [-0.39, 0.29) is 12.5 Å². The molecule has 0 aromatic rings. The van der Waals surface area contributed by atoms with E-state index in [1.165, 1.54) is 231 Å². The van der Waals surface area contributed by atoms with Crippen LogP contribution in [0.4, 0.5) is 0 Å². The Hall–Kier alpha value is -1.65. The molecule has 4 heteroatoms. The Balaban J connectivity index is 3.49. The third kappa shape index (κ3) is 49.4. The standard InChI is InChI=1S/C58H109NO3/c1-3-5-7-9-11-13-15-17-19-21-22-23-24-25-26-27-28-29-30-31-32-33-34-35-36-38-39-41-43-45-47-49-51-53-57(61)56(55-60)59-58(62)54-52-50-48-46-44-42-40-37-20-18-16-14-12-10-8-6-4-2/h12,14,18,20,43,45,51,53,56-57,60-61H,3-11,13,15-17,19,21-42,44,46-50,52,54-55H2,1-2H3,(H,59,62)/b14-12-,20-18-,45-43+,53-51+. The number of aliphatic hydroxyl groups excluding tert-OH is 2. The van der Waals surface area contributed by atoms with Crippen LogP contribution in [0.3, 0.4) is 0 Å². The number of unbranched alkanes of at least 4 members (excludes halogenated alkanes) is 38. The van der Waals surface area contributed by atoms with E-state index >= 15 is 0 Å². The Bertz CT molecular complexity index is 985. The first-order chi connectivity index (χ1) is 30.7. The topological polar surface area (TPSA) is 69.6 Å². The lowest BCUT2D eigenvalue weighted by molar-refractivity contribution is -0.123. The zero-order valence-corrected chi connectivity index (χ0v) is 41.9. The third-order valence-electron chi connectivity index (χ3n) is 12.8. The zero-order valence-electron chi connectivity index (χ0n) is 41.9. The van der Waals surface area contributed by atoms with E-state index in [0.29, 0.717) is 6.42 Å². The van der Waals surface area contributed by atoms with Gasteiger partial charge in [0.2, 0.25) is 5.91 Å². The molecule has 0 spiro atoms. The molecule has 0 aromatic heterocycles. The highest BCUT2D eigenvalue weighted by Gasteiger charge is 2.18. The number of aliphatic hydroxyl groups is 2. The zero-order chi connectivity index (χ0) is 44.9. The number of allylic oxidation sites excluding steroid dienone is 7. The van der Waals surface area contributed by atoms with Gasteiger partial charge in [0, 0.05) is 6.42 Å². The fraction of sp³-hybridized carbons (Fsp3) is 0.845. The Labute approximate surface area is 388 Å². The molecular weight excluding hydrogens is 759 g/mol. The summed E-state index contributed by atoms with van der Waals surface area (Å²) in [6, 6.07) is -0.645. The highest BCUT2D eigenvalue weighted by Crippen LogP contribution is 2.17. The van der Waals surface area contributed by atoms with Crippen LogP contribution in [0.2, 0.25) is 0 Å². The fourth-order valence-electron chi connectivity index (χ4n) is 8.52. The van der Waals surface area contributed by atoms with E-state index in [2.05, 4.69) is 55.6 Å². The summed E-state index contributed by atoms with van der Waals surface area (Å²) in [5, 5.41) is 23.1. The molecule has 3 N–H and O–H groups in total. The van der Waals surface area contributed by atoms with Crippen LogP contribution in [0, 0.1) is 0 Å². The van der Waals surface area contributed by atoms with Gasteiger partial charge in [-0.1, -0.05) is 274 Å². The summed E-state index contributed by atoms with van der Waals surface area (Å²) in [4.78, 5) is 12.4. The summed E-state index contributed by atoms with van der Waals surface area (Å²) in [6.07, 6.45) is 74.2. The van der Waals surface area contributed by atoms with Crippen molar-refractivity contribution in [1.29, 1.82) is 0 Å². The lowest BCUT2D eigenvalue weighted by Gasteiger charge is -2.19. The van der Waals surface area contributed by atoms with Gasteiger partial charge in [-0.3, -0.25) is 4.79 Å².